The number of thiophene rings is 1. The Morgan fingerprint density at radius 2 is 1.52 bits per heavy atom. The van der Waals surface area contributed by atoms with Gasteiger partial charge in [-0.25, -0.2) is 0 Å². The summed E-state index contributed by atoms with van der Waals surface area (Å²) in [6.07, 6.45) is 0.287. The van der Waals surface area contributed by atoms with Crippen LogP contribution in [0.4, 0.5) is 11.4 Å². The largest absolute Gasteiger partial charge is 0.326 e. The number of fused-ring (bicyclic) bond motifs is 1. The Hall–Kier alpha value is -3.15. The quantitative estimate of drug-likeness (QED) is 0.416. The molecule has 0 unspecified atom stereocenters. The van der Waals surface area contributed by atoms with Gasteiger partial charge in [0.25, 0.3) is 5.91 Å². The smallest absolute Gasteiger partial charge is 0.267 e. The standard InChI is InChI=1S/C23H17ClN2O2S/c24-21-18-11-4-5-12-19(18)29-22(21)23(28)26-17-10-6-9-16(14-17)25-20(27)13-15-7-2-1-3-8-15/h1-12,14H,13H2,(H,25,27)(H,26,28). The third-order valence-corrected chi connectivity index (χ3v) is 6.03. The Balaban J connectivity index is 1.46. The van der Waals surface area contributed by atoms with Crippen molar-refractivity contribution in [1.29, 1.82) is 0 Å². The van der Waals surface area contributed by atoms with Gasteiger partial charge in [-0.3, -0.25) is 9.59 Å². The summed E-state index contributed by atoms with van der Waals surface area (Å²) in [5.41, 5.74) is 2.14. The Kier molecular flexibility index (Phi) is 5.60. The highest BCUT2D eigenvalue weighted by Gasteiger charge is 2.17. The molecule has 0 bridgehead atoms. The monoisotopic (exact) mass is 420 g/mol. The maximum atomic E-state index is 12.7. The second-order valence-corrected chi connectivity index (χ2v) is 7.92. The fraction of sp³-hybridized carbons (Fsp3) is 0.0435. The summed E-state index contributed by atoms with van der Waals surface area (Å²) < 4.78 is 0.963. The Morgan fingerprint density at radius 1 is 0.828 bits per heavy atom. The first-order valence-electron chi connectivity index (χ1n) is 9.02. The van der Waals surface area contributed by atoms with E-state index in [2.05, 4.69) is 10.6 Å². The lowest BCUT2D eigenvalue weighted by Gasteiger charge is -2.09. The summed E-state index contributed by atoms with van der Waals surface area (Å²) >= 11 is 7.74. The topological polar surface area (TPSA) is 58.2 Å². The van der Waals surface area contributed by atoms with Gasteiger partial charge < -0.3 is 10.6 Å². The average Bonchev–Trinajstić information content (AvgIpc) is 3.06. The predicted octanol–water partition coefficient (Wildman–Crippen LogP) is 5.99. The van der Waals surface area contributed by atoms with Gasteiger partial charge >= 0.3 is 0 Å². The number of rotatable bonds is 5. The number of anilines is 2. The molecule has 0 saturated heterocycles. The highest BCUT2D eigenvalue weighted by Crippen LogP contribution is 2.35. The minimum absolute atomic E-state index is 0.118. The van der Waals surface area contributed by atoms with Crippen LogP contribution in [-0.2, 0) is 11.2 Å². The predicted molar refractivity (Wildman–Crippen MR) is 120 cm³/mol. The van der Waals surface area contributed by atoms with Gasteiger partial charge in [-0.15, -0.1) is 11.3 Å². The van der Waals surface area contributed by atoms with Gasteiger partial charge in [-0.05, 0) is 29.8 Å². The molecule has 2 amide bonds. The molecule has 29 heavy (non-hydrogen) atoms. The summed E-state index contributed by atoms with van der Waals surface area (Å²) in [6, 6.07) is 24.2. The van der Waals surface area contributed by atoms with Crippen molar-refractivity contribution in [2.24, 2.45) is 0 Å². The molecule has 0 radical (unpaired) electrons. The molecule has 0 saturated carbocycles. The number of halogens is 1. The van der Waals surface area contributed by atoms with Crippen LogP contribution < -0.4 is 10.6 Å². The first kappa shape index (κ1) is 19.2. The number of hydrogen-bond donors (Lipinski definition) is 2. The molecule has 0 spiro atoms. The summed E-state index contributed by atoms with van der Waals surface area (Å²) in [7, 11) is 0. The van der Waals surface area contributed by atoms with Crippen LogP contribution in [-0.4, -0.2) is 11.8 Å². The van der Waals surface area contributed by atoms with Gasteiger partial charge in [0.05, 0.1) is 11.4 Å². The molecular weight excluding hydrogens is 404 g/mol. The molecule has 1 heterocycles. The molecule has 0 aliphatic carbocycles. The zero-order chi connectivity index (χ0) is 20.2. The Labute approximate surface area is 177 Å². The highest BCUT2D eigenvalue weighted by atomic mass is 35.5. The molecule has 3 aromatic carbocycles. The Bertz CT molecular complexity index is 1190. The molecule has 1 aromatic heterocycles. The molecule has 4 rings (SSSR count). The molecule has 0 aliphatic rings. The van der Waals surface area contributed by atoms with Gasteiger partial charge in [0.15, 0.2) is 0 Å². The third kappa shape index (κ3) is 4.47. The molecule has 6 heteroatoms. The minimum Gasteiger partial charge on any atom is -0.326 e. The molecule has 0 aliphatic heterocycles. The second kappa shape index (κ2) is 8.47. The lowest BCUT2D eigenvalue weighted by atomic mass is 10.1. The van der Waals surface area contributed by atoms with Crippen molar-refractivity contribution >= 4 is 56.2 Å². The number of amides is 2. The van der Waals surface area contributed by atoms with E-state index in [9.17, 15) is 9.59 Å². The number of carbonyl (C=O) groups is 2. The van der Waals surface area contributed by atoms with Crippen LogP contribution in [0.3, 0.4) is 0 Å². The van der Waals surface area contributed by atoms with E-state index in [0.29, 0.717) is 21.3 Å². The molecule has 4 nitrogen and oxygen atoms in total. The van der Waals surface area contributed by atoms with Crippen LogP contribution in [0.2, 0.25) is 5.02 Å². The molecular formula is C23H17ClN2O2S. The first-order chi connectivity index (χ1) is 14.1. The van der Waals surface area contributed by atoms with Gasteiger partial charge in [0.1, 0.15) is 4.88 Å². The summed E-state index contributed by atoms with van der Waals surface area (Å²) in [4.78, 5) is 25.4. The molecule has 0 fully saturated rings. The van der Waals surface area contributed by atoms with Crippen molar-refractivity contribution in [1.82, 2.24) is 0 Å². The first-order valence-corrected chi connectivity index (χ1v) is 10.2. The van der Waals surface area contributed by atoms with Crippen molar-refractivity contribution in [2.45, 2.75) is 6.42 Å². The van der Waals surface area contributed by atoms with Crippen molar-refractivity contribution < 1.29 is 9.59 Å². The van der Waals surface area contributed by atoms with Crippen molar-refractivity contribution in [3.8, 4) is 0 Å². The normalized spacial score (nSPS) is 10.7. The van der Waals surface area contributed by atoms with Crippen LogP contribution in [0, 0.1) is 0 Å². The number of carbonyl (C=O) groups excluding carboxylic acids is 2. The van der Waals surface area contributed by atoms with E-state index < -0.39 is 0 Å². The maximum absolute atomic E-state index is 12.7. The minimum atomic E-state index is -0.274. The molecule has 0 atom stereocenters. The van der Waals surface area contributed by atoms with Gasteiger partial charge in [0.2, 0.25) is 5.91 Å². The maximum Gasteiger partial charge on any atom is 0.267 e. The highest BCUT2D eigenvalue weighted by molar-refractivity contribution is 7.21. The Morgan fingerprint density at radius 3 is 2.28 bits per heavy atom. The van der Waals surface area contributed by atoms with Crippen molar-refractivity contribution in [3.63, 3.8) is 0 Å². The second-order valence-electron chi connectivity index (χ2n) is 6.49. The van der Waals surface area contributed by atoms with Crippen molar-refractivity contribution in [2.75, 3.05) is 10.6 Å². The summed E-state index contributed by atoms with van der Waals surface area (Å²) in [5, 5.41) is 7.04. The lowest BCUT2D eigenvalue weighted by Crippen LogP contribution is -2.15. The number of hydrogen-bond acceptors (Lipinski definition) is 3. The average molecular weight is 421 g/mol. The lowest BCUT2D eigenvalue weighted by molar-refractivity contribution is -0.115. The van der Waals surface area contributed by atoms with E-state index in [-0.39, 0.29) is 18.2 Å². The fourth-order valence-corrected chi connectivity index (χ4v) is 4.42. The van der Waals surface area contributed by atoms with Crippen LogP contribution in [0.5, 0.6) is 0 Å². The van der Waals surface area contributed by atoms with E-state index in [1.807, 2.05) is 54.6 Å². The van der Waals surface area contributed by atoms with E-state index in [1.54, 1.807) is 24.3 Å². The van der Waals surface area contributed by atoms with Crippen LogP contribution in [0.25, 0.3) is 10.1 Å². The fourth-order valence-electron chi connectivity index (χ4n) is 3.01. The zero-order valence-electron chi connectivity index (χ0n) is 15.3. The number of benzene rings is 3. The van der Waals surface area contributed by atoms with Gasteiger partial charge in [-0.2, -0.15) is 0 Å². The zero-order valence-corrected chi connectivity index (χ0v) is 16.9. The van der Waals surface area contributed by atoms with Crippen LogP contribution in [0.15, 0.2) is 78.9 Å². The van der Waals surface area contributed by atoms with Crippen molar-refractivity contribution in [3.05, 3.63) is 94.3 Å². The molecule has 2 N–H and O–H groups in total. The van der Waals surface area contributed by atoms with Gasteiger partial charge in [0, 0.05) is 21.5 Å². The van der Waals surface area contributed by atoms with Crippen LogP contribution in [0.1, 0.15) is 15.2 Å². The van der Waals surface area contributed by atoms with E-state index in [4.69, 9.17) is 11.6 Å². The molecule has 4 aromatic rings. The number of nitrogens with one attached hydrogen (secondary N) is 2. The van der Waals surface area contributed by atoms with Gasteiger partial charge in [-0.1, -0.05) is 66.2 Å². The van der Waals surface area contributed by atoms with E-state index >= 15 is 0 Å². The summed E-state index contributed by atoms with van der Waals surface area (Å²) in [5.74, 6) is -0.392. The van der Waals surface area contributed by atoms with E-state index in [1.165, 1.54) is 11.3 Å². The van der Waals surface area contributed by atoms with E-state index in [0.717, 1.165) is 15.6 Å². The summed E-state index contributed by atoms with van der Waals surface area (Å²) in [6.45, 7) is 0. The molecule has 144 valence electrons. The third-order valence-electron chi connectivity index (χ3n) is 4.35. The van der Waals surface area contributed by atoms with Crippen LogP contribution >= 0.6 is 22.9 Å². The SMILES string of the molecule is O=C(Cc1ccccc1)Nc1cccc(NC(=O)c2sc3ccccc3c2Cl)c1.